The molecular formula is C17H23N7O2. The number of piperazine rings is 1. The van der Waals surface area contributed by atoms with E-state index >= 15 is 0 Å². The predicted octanol–water partition coefficient (Wildman–Crippen LogP) is 0.545. The van der Waals surface area contributed by atoms with E-state index in [1.165, 1.54) is 0 Å². The zero-order valence-electron chi connectivity index (χ0n) is 14.9. The average Bonchev–Trinajstić information content (AvgIpc) is 3.15. The predicted molar refractivity (Wildman–Crippen MR) is 95.5 cm³/mol. The monoisotopic (exact) mass is 357 g/mol. The van der Waals surface area contributed by atoms with Crippen molar-refractivity contribution in [3.05, 3.63) is 30.1 Å². The fourth-order valence-electron chi connectivity index (χ4n) is 3.23. The highest BCUT2D eigenvalue weighted by atomic mass is 16.5. The zero-order valence-corrected chi connectivity index (χ0v) is 14.9. The van der Waals surface area contributed by atoms with Gasteiger partial charge in [0.2, 0.25) is 0 Å². The molecular weight excluding hydrogens is 334 g/mol. The van der Waals surface area contributed by atoms with Gasteiger partial charge in [0.05, 0.1) is 18.9 Å². The highest BCUT2D eigenvalue weighted by molar-refractivity contribution is 5.75. The third-order valence-corrected chi connectivity index (χ3v) is 4.75. The molecule has 2 fully saturated rings. The summed E-state index contributed by atoms with van der Waals surface area (Å²) in [6, 6.07) is 5.92. The maximum atomic E-state index is 12.5. The molecule has 2 aromatic rings. The third kappa shape index (κ3) is 3.48. The Bertz CT molecular complexity index is 747. The number of anilines is 1. The van der Waals surface area contributed by atoms with E-state index in [0.717, 1.165) is 24.6 Å². The smallest absolute Gasteiger partial charge is 0.320 e. The Morgan fingerprint density at radius 3 is 2.19 bits per heavy atom. The molecule has 0 bridgehead atoms. The van der Waals surface area contributed by atoms with E-state index < -0.39 is 0 Å². The number of hydrogen-bond acceptors (Lipinski definition) is 6. The molecule has 26 heavy (non-hydrogen) atoms. The molecule has 2 aliphatic heterocycles. The molecule has 0 radical (unpaired) electrons. The quantitative estimate of drug-likeness (QED) is 0.781. The first-order valence-corrected chi connectivity index (χ1v) is 8.93. The van der Waals surface area contributed by atoms with Gasteiger partial charge in [-0.05, 0) is 25.1 Å². The molecule has 0 atom stereocenters. The van der Waals surface area contributed by atoms with Gasteiger partial charge < -0.3 is 19.4 Å². The maximum absolute atomic E-state index is 12.5. The second kappa shape index (κ2) is 7.28. The van der Waals surface area contributed by atoms with E-state index in [1.807, 2.05) is 41.1 Å². The highest BCUT2D eigenvalue weighted by Gasteiger charge is 2.26. The molecule has 2 saturated heterocycles. The van der Waals surface area contributed by atoms with Crippen molar-refractivity contribution in [2.45, 2.75) is 6.92 Å². The number of ether oxygens (including phenoxy) is 1. The molecule has 0 aromatic carbocycles. The minimum atomic E-state index is 0.114. The molecule has 2 aromatic heterocycles. The maximum Gasteiger partial charge on any atom is 0.320 e. The number of nitrogens with zero attached hydrogens (tertiary/aromatic N) is 7. The Morgan fingerprint density at radius 2 is 1.58 bits per heavy atom. The van der Waals surface area contributed by atoms with Crippen molar-refractivity contribution < 1.29 is 9.53 Å². The van der Waals surface area contributed by atoms with Gasteiger partial charge in [-0.2, -0.15) is 5.10 Å². The lowest BCUT2D eigenvalue weighted by Crippen LogP contribution is -2.55. The lowest BCUT2D eigenvalue weighted by Gasteiger charge is -2.38. The van der Waals surface area contributed by atoms with Crippen LogP contribution in [-0.2, 0) is 4.74 Å². The summed E-state index contributed by atoms with van der Waals surface area (Å²) in [6.45, 7) is 7.45. The second-order valence-electron chi connectivity index (χ2n) is 6.51. The lowest BCUT2D eigenvalue weighted by molar-refractivity contribution is 0.0428. The van der Waals surface area contributed by atoms with Crippen LogP contribution in [0.3, 0.4) is 0 Å². The first-order valence-electron chi connectivity index (χ1n) is 8.93. The van der Waals surface area contributed by atoms with Crippen molar-refractivity contribution in [1.82, 2.24) is 29.8 Å². The normalized spacial score (nSPS) is 18.3. The van der Waals surface area contributed by atoms with Crippen LogP contribution < -0.4 is 4.90 Å². The van der Waals surface area contributed by atoms with Crippen LogP contribution >= 0.6 is 0 Å². The molecule has 0 spiro atoms. The second-order valence-corrected chi connectivity index (χ2v) is 6.51. The molecule has 0 unspecified atom stereocenters. The van der Waals surface area contributed by atoms with Crippen molar-refractivity contribution in [2.24, 2.45) is 0 Å². The van der Waals surface area contributed by atoms with Gasteiger partial charge >= 0.3 is 6.03 Å². The summed E-state index contributed by atoms with van der Waals surface area (Å²) in [5.41, 5.74) is 0.942. The van der Waals surface area contributed by atoms with Crippen molar-refractivity contribution in [3.8, 4) is 5.82 Å². The summed E-state index contributed by atoms with van der Waals surface area (Å²) >= 11 is 0. The van der Waals surface area contributed by atoms with Crippen molar-refractivity contribution in [3.63, 3.8) is 0 Å². The van der Waals surface area contributed by atoms with Gasteiger partial charge in [0, 0.05) is 45.5 Å². The zero-order chi connectivity index (χ0) is 17.9. The summed E-state index contributed by atoms with van der Waals surface area (Å²) < 4.78 is 7.03. The van der Waals surface area contributed by atoms with E-state index in [0.29, 0.717) is 45.2 Å². The molecule has 0 saturated carbocycles. The van der Waals surface area contributed by atoms with Gasteiger partial charge in [0.25, 0.3) is 0 Å². The summed E-state index contributed by atoms with van der Waals surface area (Å²) in [5.74, 6) is 1.53. The summed E-state index contributed by atoms with van der Waals surface area (Å²) in [5, 5.41) is 12.9. The third-order valence-electron chi connectivity index (χ3n) is 4.75. The number of hydrogen-bond donors (Lipinski definition) is 0. The molecule has 4 rings (SSSR count). The van der Waals surface area contributed by atoms with Crippen LogP contribution in [0, 0.1) is 6.92 Å². The topological polar surface area (TPSA) is 79.6 Å². The molecule has 2 aliphatic rings. The van der Waals surface area contributed by atoms with Crippen LogP contribution in [0.15, 0.2) is 24.4 Å². The van der Waals surface area contributed by atoms with E-state index in [9.17, 15) is 4.79 Å². The number of aryl methyl sites for hydroxylation is 1. The van der Waals surface area contributed by atoms with Crippen LogP contribution in [0.1, 0.15) is 5.69 Å². The van der Waals surface area contributed by atoms with Gasteiger partial charge in [-0.3, -0.25) is 0 Å². The summed E-state index contributed by atoms with van der Waals surface area (Å²) in [7, 11) is 0. The van der Waals surface area contributed by atoms with Crippen LogP contribution in [0.25, 0.3) is 5.82 Å². The molecule has 138 valence electrons. The molecule has 0 N–H and O–H groups in total. The van der Waals surface area contributed by atoms with E-state index in [2.05, 4.69) is 20.2 Å². The molecule has 4 heterocycles. The summed E-state index contributed by atoms with van der Waals surface area (Å²) in [4.78, 5) is 18.5. The number of aromatic nitrogens is 4. The van der Waals surface area contributed by atoms with Crippen LogP contribution in [0.5, 0.6) is 0 Å². The van der Waals surface area contributed by atoms with Gasteiger partial charge in [-0.25, -0.2) is 9.48 Å². The van der Waals surface area contributed by atoms with E-state index in [-0.39, 0.29) is 6.03 Å². The number of rotatable bonds is 2. The van der Waals surface area contributed by atoms with Crippen LogP contribution in [0.2, 0.25) is 0 Å². The largest absolute Gasteiger partial charge is 0.378 e. The van der Waals surface area contributed by atoms with Gasteiger partial charge in [-0.15, -0.1) is 10.2 Å². The Balaban J connectivity index is 1.35. The minimum Gasteiger partial charge on any atom is -0.378 e. The number of carbonyl (C=O) groups excluding carboxylic acids is 1. The SMILES string of the molecule is Cc1ccn(-c2ccc(N3CCN(C(=O)N4CCOCC4)CC3)nn2)n1. The highest BCUT2D eigenvalue weighted by Crippen LogP contribution is 2.15. The van der Waals surface area contributed by atoms with Gasteiger partial charge in [0.1, 0.15) is 0 Å². The Hall–Kier alpha value is -2.68. The van der Waals surface area contributed by atoms with E-state index in [4.69, 9.17) is 4.74 Å². The van der Waals surface area contributed by atoms with Crippen LogP contribution in [0.4, 0.5) is 10.6 Å². The number of urea groups is 1. The number of morpholine rings is 1. The first kappa shape index (κ1) is 16.8. The van der Waals surface area contributed by atoms with Crippen LogP contribution in [-0.4, -0.2) is 88.3 Å². The molecule has 0 aliphatic carbocycles. The van der Waals surface area contributed by atoms with E-state index in [1.54, 1.807) is 4.68 Å². The van der Waals surface area contributed by atoms with Gasteiger partial charge in [-0.1, -0.05) is 0 Å². The standard InChI is InChI=1S/C17H23N7O2/c1-14-4-5-24(20-14)16-3-2-15(18-19-16)21-6-8-22(9-7-21)17(25)23-10-12-26-13-11-23/h2-5H,6-13H2,1H3. The van der Waals surface area contributed by atoms with Crippen molar-refractivity contribution >= 4 is 11.8 Å². The van der Waals surface area contributed by atoms with Gasteiger partial charge in [0.15, 0.2) is 11.6 Å². The number of carbonyl (C=O) groups is 1. The van der Waals surface area contributed by atoms with Crippen molar-refractivity contribution in [2.75, 3.05) is 57.4 Å². The molecule has 9 heteroatoms. The first-order chi connectivity index (χ1) is 12.7. The number of amides is 2. The lowest BCUT2D eigenvalue weighted by atomic mass is 10.3. The Labute approximate surface area is 152 Å². The fraction of sp³-hybridized carbons (Fsp3) is 0.529. The molecule has 2 amide bonds. The van der Waals surface area contributed by atoms with Crippen molar-refractivity contribution in [1.29, 1.82) is 0 Å². The molecule has 9 nitrogen and oxygen atoms in total. The average molecular weight is 357 g/mol. The Morgan fingerprint density at radius 1 is 0.923 bits per heavy atom. The minimum absolute atomic E-state index is 0.114. The Kier molecular flexibility index (Phi) is 4.70. The fourth-order valence-corrected chi connectivity index (χ4v) is 3.23. The summed E-state index contributed by atoms with van der Waals surface area (Å²) in [6.07, 6.45) is 1.87.